The first-order valence-electron chi connectivity index (χ1n) is 4.30. The maximum atomic E-state index is 5.65. The number of aromatic nitrogens is 1. The Morgan fingerprint density at radius 1 is 1.38 bits per heavy atom. The van der Waals surface area contributed by atoms with Crippen LogP contribution in [0.5, 0.6) is 0 Å². The summed E-state index contributed by atoms with van der Waals surface area (Å²) in [6.07, 6.45) is 1.79. The van der Waals surface area contributed by atoms with E-state index in [-0.39, 0.29) is 5.54 Å². The molecule has 1 aromatic rings. The molecule has 0 saturated carbocycles. The van der Waals surface area contributed by atoms with Crippen LogP contribution < -0.4 is 5.32 Å². The quantitative estimate of drug-likeness (QED) is 0.739. The minimum absolute atomic E-state index is 0.0511. The average molecular weight is 199 g/mol. The summed E-state index contributed by atoms with van der Waals surface area (Å²) in [6.45, 7) is 6.30. The normalized spacial score (nSPS) is 11.4. The van der Waals surface area contributed by atoms with E-state index in [1.807, 2.05) is 12.1 Å². The molecule has 0 aromatic carbocycles. The van der Waals surface area contributed by atoms with Crippen molar-refractivity contribution < 1.29 is 0 Å². The van der Waals surface area contributed by atoms with Gasteiger partial charge in [-0.15, -0.1) is 11.6 Å². The van der Waals surface area contributed by atoms with Crippen molar-refractivity contribution >= 4 is 17.4 Å². The maximum Gasteiger partial charge on any atom is 0.126 e. The topological polar surface area (TPSA) is 24.9 Å². The molecule has 72 valence electrons. The zero-order valence-corrected chi connectivity index (χ0v) is 9.02. The summed E-state index contributed by atoms with van der Waals surface area (Å²) in [5.74, 6) is 1.41. The third-order valence-electron chi connectivity index (χ3n) is 1.48. The third kappa shape index (κ3) is 3.64. The lowest BCUT2D eigenvalue weighted by Gasteiger charge is -2.21. The Kier molecular flexibility index (Phi) is 3.15. The summed E-state index contributed by atoms with van der Waals surface area (Å²) in [6, 6.07) is 3.93. The summed E-state index contributed by atoms with van der Waals surface area (Å²) >= 11 is 5.65. The number of rotatable bonds is 2. The van der Waals surface area contributed by atoms with Gasteiger partial charge in [0.25, 0.3) is 0 Å². The van der Waals surface area contributed by atoms with Crippen molar-refractivity contribution in [2.24, 2.45) is 0 Å². The molecule has 0 unspecified atom stereocenters. The van der Waals surface area contributed by atoms with Crippen molar-refractivity contribution in [3.63, 3.8) is 0 Å². The van der Waals surface area contributed by atoms with Crippen LogP contribution in [-0.2, 0) is 5.88 Å². The SMILES string of the molecule is CC(C)(C)Nc1ccc(CCl)cn1. The van der Waals surface area contributed by atoms with Gasteiger partial charge < -0.3 is 5.32 Å². The molecular formula is C10H15ClN2. The van der Waals surface area contributed by atoms with Gasteiger partial charge in [-0.2, -0.15) is 0 Å². The van der Waals surface area contributed by atoms with Crippen molar-refractivity contribution in [1.29, 1.82) is 0 Å². The molecule has 3 heteroatoms. The Balaban J connectivity index is 2.70. The molecule has 1 heterocycles. The highest BCUT2D eigenvalue weighted by atomic mass is 35.5. The molecule has 0 saturated heterocycles. The van der Waals surface area contributed by atoms with Gasteiger partial charge in [-0.05, 0) is 32.4 Å². The highest BCUT2D eigenvalue weighted by Gasteiger charge is 2.09. The fourth-order valence-electron chi connectivity index (χ4n) is 0.962. The van der Waals surface area contributed by atoms with E-state index in [0.29, 0.717) is 5.88 Å². The molecule has 1 N–H and O–H groups in total. The van der Waals surface area contributed by atoms with E-state index in [9.17, 15) is 0 Å². The Morgan fingerprint density at radius 3 is 2.46 bits per heavy atom. The summed E-state index contributed by atoms with van der Waals surface area (Å²) in [5, 5.41) is 3.28. The molecule has 2 nitrogen and oxygen atoms in total. The van der Waals surface area contributed by atoms with Crippen molar-refractivity contribution in [3.8, 4) is 0 Å². The minimum Gasteiger partial charge on any atom is -0.365 e. The van der Waals surface area contributed by atoms with E-state index in [1.165, 1.54) is 0 Å². The van der Waals surface area contributed by atoms with E-state index < -0.39 is 0 Å². The first-order chi connectivity index (χ1) is 6.01. The standard InChI is InChI=1S/C10H15ClN2/c1-10(2,3)13-9-5-4-8(6-11)7-12-9/h4-5,7H,6H2,1-3H3,(H,12,13). The lowest BCUT2D eigenvalue weighted by atomic mass is 10.1. The Labute approximate surface area is 84.3 Å². The van der Waals surface area contributed by atoms with E-state index in [4.69, 9.17) is 11.6 Å². The lowest BCUT2D eigenvalue weighted by molar-refractivity contribution is 0.630. The number of hydrogen-bond acceptors (Lipinski definition) is 2. The molecule has 0 aliphatic heterocycles. The molecule has 0 aliphatic rings. The van der Waals surface area contributed by atoms with Crippen LogP contribution in [0.15, 0.2) is 18.3 Å². The Hall–Kier alpha value is -0.760. The molecule has 0 amide bonds. The summed E-state index contributed by atoms with van der Waals surface area (Å²) in [7, 11) is 0. The van der Waals surface area contributed by atoms with E-state index in [2.05, 4.69) is 31.1 Å². The first-order valence-corrected chi connectivity index (χ1v) is 4.84. The van der Waals surface area contributed by atoms with Crippen LogP contribution in [0.1, 0.15) is 26.3 Å². The van der Waals surface area contributed by atoms with Gasteiger partial charge in [0, 0.05) is 17.6 Å². The molecule has 0 bridgehead atoms. The highest BCUT2D eigenvalue weighted by Crippen LogP contribution is 2.12. The van der Waals surface area contributed by atoms with Crippen LogP contribution in [0.3, 0.4) is 0 Å². The van der Waals surface area contributed by atoms with Gasteiger partial charge in [0.15, 0.2) is 0 Å². The maximum absolute atomic E-state index is 5.65. The van der Waals surface area contributed by atoms with Gasteiger partial charge in [0.2, 0.25) is 0 Å². The van der Waals surface area contributed by atoms with Gasteiger partial charge in [-0.1, -0.05) is 6.07 Å². The molecule has 0 atom stereocenters. The molecule has 0 spiro atoms. The third-order valence-corrected chi connectivity index (χ3v) is 1.79. The van der Waals surface area contributed by atoms with Gasteiger partial charge in [0.05, 0.1) is 0 Å². The van der Waals surface area contributed by atoms with Crippen molar-refractivity contribution in [2.75, 3.05) is 5.32 Å². The molecule has 0 fully saturated rings. The smallest absolute Gasteiger partial charge is 0.126 e. The first kappa shape index (κ1) is 10.3. The molecular weight excluding hydrogens is 184 g/mol. The van der Waals surface area contributed by atoms with Crippen LogP contribution in [0.25, 0.3) is 0 Å². The second-order valence-corrected chi connectivity index (χ2v) is 4.33. The number of nitrogens with one attached hydrogen (secondary N) is 1. The van der Waals surface area contributed by atoms with E-state index in [0.717, 1.165) is 11.4 Å². The zero-order valence-electron chi connectivity index (χ0n) is 8.26. The number of nitrogens with zero attached hydrogens (tertiary/aromatic N) is 1. The van der Waals surface area contributed by atoms with Crippen molar-refractivity contribution in [2.45, 2.75) is 32.2 Å². The highest BCUT2D eigenvalue weighted by molar-refractivity contribution is 6.17. The van der Waals surface area contributed by atoms with Crippen molar-refractivity contribution in [3.05, 3.63) is 23.9 Å². The molecule has 0 radical (unpaired) electrons. The summed E-state index contributed by atoms with van der Waals surface area (Å²) < 4.78 is 0. The minimum atomic E-state index is 0.0511. The van der Waals surface area contributed by atoms with Crippen LogP contribution in [-0.4, -0.2) is 10.5 Å². The number of hydrogen-bond donors (Lipinski definition) is 1. The second kappa shape index (κ2) is 3.97. The lowest BCUT2D eigenvalue weighted by Crippen LogP contribution is -2.26. The number of pyridine rings is 1. The second-order valence-electron chi connectivity index (χ2n) is 4.06. The van der Waals surface area contributed by atoms with Crippen LogP contribution >= 0.6 is 11.6 Å². The number of halogens is 1. The van der Waals surface area contributed by atoms with Crippen LogP contribution in [0.2, 0.25) is 0 Å². The fourth-order valence-corrected chi connectivity index (χ4v) is 1.12. The summed E-state index contributed by atoms with van der Waals surface area (Å²) in [5.41, 5.74) is 1.09. The summed E-state index contributed by atoms with van der Waals surface area (Å²) in [4.78, 5) is 4.24. The van der Waals surface area contributed by atoms with Crippen LogP contribution in [0.4, 0.5) is 5.82 Å². The number of anilines is 1. The largest absolute Gasteiger partial charge is 0.365 e. The average Bonchev–Trinajstić information content (AvgIpc) is 2.03. The molecule has 1 rings (SSSR count). The van der Waals surface area contributed by atoms with Crippen LogP contribution in [0, 0.1) is 0 Å². The molecule has 1 aromatic heterocycles. The molecule has 0 aliphatic carbocycles. The van der Waals surface area contributed by atoms with Gasteiger partial charge in [-0.3, -0.25) is 0 Å². The van der Waals surface area contributed by atoms with E-state index in [1.54, 1.807) is 6.20 Å². The fraction of sp³-hybridized carbons (Fsp3) is 0.500. The van der Waals surface area contributed by atoms with Crippen molar-refractivity contribution in [1.82, 2.24) is 4.98 Å². The van der Waals surface area contributed by atoms with Gasteiger partial charge in [0.1, 0.15) is 5.82 Å². The predicted octanol–water partition coefficient (Wildman–Crippen LogP) is 3.03. The Bertz CT molecular complexity index is 261. The number of alkyl halides is 1. The zero-order chi connectivity index (χ0) is 9.90. The monoisotopic (exact) mass is 198 g/mol. The van der Waals surface area contributed by atoms with E-state index >= 15 is 0 Å². The predicted molar refractivity (Wildman–Crippen MR) is 57.2 cm³/mol. The van der Waals surface area contributed by atoms with Gasteiger partial charge in [-0.25, -0.2) is 4.98 Å². The molecule has 13 heavy (non-hydrogen) atoms. The van der Waals surface area contributed by atoms with Gasteiger partial charge >= 0.3 is 0 Å². The Morgan fingerprint density at radius 2 is 2.08 bits per heavy atom.